The number of nitrogens with zero attached hydrogens (tertiary/aromatic N) is 1. The van der Waals surface area contributed by atoms with Crippen LogP contribution in [0, 0.1) is 5.41 Å². The number of amides is 1. The predicted molar refractivity (Wildman–Crippen MR) is 126 cm³/mol. The molecule has 0 fully saturated rings. The molecule has 3 N–H and O–H groups in total. The number of halogens is 1. The lowest BCUT2D eigenvalue weighted by atomic mass is 10.1. The minimum absolute atomic E-state index is 0.0217. The van der Waals surface area contributed by atoms with Crippen molar-refractivity contribution in [3.63, 3.8) is 0 Å². The second-order valence-electron chi connectivity index (χ2n) is 6.58. The molecule has 10 heteroatoms. The Labute approximate surface area is 198 Å². The lowest BCUT2D eigenvalue weighted by Crippen LogP contribution is -2.35. The summed E-state index contributed by atoms with van der Waals surface area (Å²) in [6.45, 7) is 6.95. The summed E-state index contributed by atoms with van der Waals surface area (Å²) in [6.07, 6.45) is 1.67. The molecular formula is C22H22IN3O6. The van der Waals surface area contributed by atoms with E-state index < -0.39 is 18.5 Å². The van der Waals surface area contributed by atoms with Crippen molar-refractivity contribution in [2.45, 2.75) is 12.8 Å². The SMILES string of the molecule is C=CCN(CC(=O)O)C(=O)CCc1ccc(C(=O)Oc2ccc(C(=N)C(=C)NI)cc2)o1. The minimum Gasteiger partial charge on any atom is -0.480 e. The highest BCUT2D eigenvalue weighted by molar-refractivity contribution is 14.1. The second kappa shape index (κ2) is 11.8. The van der Waals surface area contributed by atoms with E-state index in [0.29, 0.717) is 17.0 Å². The number of nitrogens with one attached hydrogen (secondary N) is 2. The normalized spacial score (nSPS) is 10.2. The third kappa shape index (κ3) is 7.08. The van der Waals surface area contributed by atoms with Gasteiger partial charge < -0.3 is 22.7 Å². The largest absolute Gasteiger partial charge is 0.480 e. The Bertz CT molecular complexity index is 1030. The molecule has 0 aliphatic carbocycles. The van der Waals surface area contributed by atoms with Gasteiger partial charge in [0, 0.05) is 24.9 Å². The smallest absolute Gasteiger partial charge is 0.379 e. The molecule has 0 bridgehead atoms. The standard InChI is InChI=1S/C22H22IN3O6/c1-3-12-26(13-20(28)29)19(27)11-9-16-8-10-18(31-16)22(30)32-17-6-4-15(5-7-17)21(24)14(2)25-23/h3-8,10,24-25H,1-2,9,11-13H2,(H,28,29). The Hall–Kier alpha value is -3.41. The molecule has 0 aliphatic heterocycles. The first-order chi connectivity index (χ1) is 15.2. The zero-order chi connectivity index (χ0) is 23.7. The number of allylic oxidation sites excluding steroid dienone is 1. The number of ether oxygens (including phenoxy) is 1. The molecule has 1 amide bonds. The molecule has 32 heavy (non-hydrogen) atoms. The molecule has 0 radical (unpaired) electrons. The van der Waals surface area contributed by atoms with Crippen LogP contribution < -0.4 is 8.27 Å². The van der Waals surface area contributed by atoms with Gasteiger partial charge in [-0.2, -0.15) is 0 Å². The Morgan fingerprint density at radius 2 is 1.91 bits per heavy atom. The van der Waals surface area contributed by atoms with Crippen LogP contribution in [0.5, 0.6) is 5.75 Å². The Morgan fingerprint density at radius 3 is 2.50 bits per heavy atom. The number of furan rings is 1. The van der Waals surface area contributed by atoms with Gasteiger partial charge in [0.1, 0.15) is 18.1 Å². The topological polar surface area (TPSA) is 133 Å². The zero-order valence-corrected chi connectivity index (χ0v) is 19.3. The predicted octanol–water partition coefficient (Wildman–Crippen LogP) is 3.35. The number of esters is 1. The third-order valence-electron chi connectivity index (χ3n) is 4.25. The van der Waals surface area contributed by atoms with E-state index in [1.54, 1.807) is 30.3 Å². The molecule has 0 saturated heterocycles. The quantitative estimate of drug-likeness (QED) is 0.0921. The number of carboxylic acids is 1. The van der Waals surface area contributed by atoms with E-state index in [4.69, 9.17) is 19.7 Å². The van der Waals surface area contributed by atoms with Gasteiger partial charge in [0.15, 0.2) is 0 Å². The molecule has 0 unspecified atom stereocenters. The Morgan fingerprint density at radius 1 is 1.22 bits per heavy atom. The van der Waals surface area contributed by atoms with Crippen molar-refractivity contribution in [3.05, 3.63) is 78.4 Å². The van der Waals surface area contributed by atoms with Gasteiger partial charge in [-0.25, -0.2) is 4.79 Å². The summed E-state index contributed by atoms with van der Waals surface area (Å²) in [5.41, 5.74) is 1.28. The van der Waals surface area contributed by atoms with Gasteiger partial charge in [0.05, 0.1) is 34.3 Å². The van der Waals surface area contributed by atoms with Crippen LogP contribution in [0.3, 0.4) is 0 Å². The molecule has 0 saturated carbocycles. The first kappa shape index (κ1) is 24.9. The maximum atomic E-state index is 12.3. The van der Waals surface area contributed by atoms with Crippen LogP contribution >= 0.6 is 22.9 Å². The highest BCUT2D eigenvalue weighted by atomic mass is 127. The summed E-state index contributed by atoms with van der Waals surface area (Å²) < 4.78 is 13.5. The summed E-state index contributed by atoms with van der Waals surface area (Å²) in [4.78, 5) is 36.6. The van der Waals surface area contributed by atoms with E-state index in [0.717, 1.165) is 0 Å². The van der Waals surface area contributed by atoms with Gasteiger partial charge in [-0.05, 0) is 36.4 Å². The maximum Gasteiger partial charge on any atom is 0.379 e. The van der Waals surface area contributed by atoms with Crippen molar-refractivity contribution in [1.82, 2.24) is 8.43 Å². The van der Waals surface area contributed by atoms with Crippen LogP contribution in [0.4, 0.5) is 0 Å². The molecule has 168 valence electrons. The van der Waals surface area contributed by atoms with Crippen LogP contribution in [0.25, 0.3) is 0 Å². The number of benzene rings is 1. The van der Waals surface area contributed by atoms with E-state index in [1.807, 2.05) is 22.9 Å². The van der Waals surface area contributed by atoms with Gasteiger partial charge in [-0.3, -0.25) is 15.0 Å². The van der Waals surface area contributed by atoms with Crippen molar-refractivity contribution in [2.75, 3.05) is 13.1 Å². The van der Waals surface area contributed by atoms with Gasteiger partial charge in [-0.1, -0.05) is 12.7 Å². The van der Waals surface area contributed by atoms with Gasteiger partial charge >= 0.3 is 11.9 Å². The van der Waals surface area contributed by atoms with Crippen molar-refractivity contribution in [1.29, 1.82) is 5.41 Å². The van der Waals surface area contributed by atoms with Gasteiger partial charge in [0.2, 0.25) is 11.7 Å². The number of carboxylic acid groups (broad SMARTS) is 1. The maximum absolute atomic E-state index is 12.3. The van der Waals surface area contributed by atoms with Gasteiger partial charge in [-0.15, -0.1) is 6.58 Å². The van der Waals surface area contributed by atoms with Crippen LogP contribution in [0.1, 0.15) is 28.3 Å². The highest BCUT2D eigenvalue weighted by Crippen LogP contribution is 2.18. The number of aryl methyl sites for hydroxylation is 1. The van der Waals surface area contributed by atoms with E-state index in [-0.39, 0.29) is 42.5 Å². The monoisotopic (exact) mass is 551 g/mol. The van der Waals surface area contributed by atoms with Crippen molar-refractivity contribution in [2.24, 2.45) is 0 Å². The molecule has 2 rings (SSSR count). The van der Waals surface area contributed by atoms with E-state index in [9.17, 15) is 14.4 Å². The van der Waals surface area contributed by atoms with Crippen molar-refractivity contribution in [3.8, 4) is 5.75 Å². The molecule has 1 aromatic carbocycles. The Balaban J connectivity index is 1.94. The summed E-state index contributed by atoms with van der Waals surface area (Å²) in [6, 6.07) is 9.39. The van der Waals surface area contributed by atoms with E-state index in [1.165, 1.54) is 17.0 Å². The number of hydrogen-bond donors (Lipinski definition) is 3. The summed E-state index contributed by atoms with van der Waals surface area (Å²) in [5.74, 6) is -1.53. The molecule has 9 nitrogen and oxygen atoms in total. The van der Waals surface area contributed by atoms with Crippen LogP contribution in [0.15, 0.2) is 65.7 Å². The molecule has 2 aromatic rings. The minimum atomic E-state index is -1.11. The lowest BCUT2D eigenvalue weighted by Gasteiger charge is -2.18. The molecular weight excluding hydrogens is 529 g/mol. The van der Waals surface area contributed by atoms with Crippen LogP contribution in [-0.2, 0) is 16.0 Å². The molecule has 0 spiro atoms. The highest BCUT2D eigenvalue weighted by Gasteiger charge is 2.18. The van der Waals surface area contributed by atoms with Crippen LogP contribution in [0.2, 0.25) is 0 Å². The van der Waals surface area contributed by atoms with Crippen LogP contribution in [-0.4, -0.2) is 46.7 Å². The Kier molecular flexibility index (Phi) is 9.20. The fourth-order valence-corrected chi connectivity index (χ4v) is 2.92. The number of aliphatic carboxylic acids is 1. The molecule has 1 heterocycles. The fourth-order valence-electron chi connectivity index (χ4n) is 2.65. The van der Waals surface area contributed by atoms with Crippen molar-refractivity contribution < 1.29 is 28.6 Å². The average Bonchev–Trinajstić information content (AvgIpc) is 3.25. The first-order valence-corrected chi connectivity index (χ1v) is 10.5. The third-order valence-corrected chi connectivity index (χ3v) is 4.90. The average molecular weight is 551 g/mol. The summed E-state index contributed by atoms with van der Waals surface area (Å²) in [7, 11) is 0. The second-order valence-corrected chi connectivity index (χ2v) is 7.12. The first-order valence-electron chi connectivity index (χ1n) is 9.41. The molecule has 0 atom stereocenters. The number of carbonyl (C=O) groups is 3. The number of rotatable bonds is 12. The number of hydrogen-bond acceptors (Lipinski definition) is 7. The summed E-state index contributed by atoms with van der Waals surface area (Å²) >= 11 is 1.89. The van der Waals surface area contributed by atoms with Crippen molar-refractivity contribution >= 4 is 46.4 Å². The number of carbonyl (C=O) groups excluding carboxylic acids is 2. The van der Waals surface area contributed by atoms with E-state index >= 15 is 0 Å². The fraction of sp³-hybridized carbons (Fsp3) is 0.182. The molecule has 0 aliphatic rings. The van der Waals surface area contributed by atoms with E-state index in [2.05, 4.69) is 16.7 Å². The zero-order valence-electron chi connectivity index (χ0n) is 17.1. The molecule has 1 aromatic heterocycles. The summed E-state index contributed by atoms with van der Waals surface area (Å²) in [5, 5.41) is 16.9. The van der Waals surface area contributed by atoms with Gasteiger partial charge in [0.25, 0.3) is 0 Å². The lowest BCUT2D eigenvalue weighted by molar-refractivity contribution is -0.144.